The molecule has 7 rings (SSSR count). The fourth-order valence-electron chi connectivity index (χ4n) is 15.3. The molecular weight excluding hydrogens is 1290 g/mol. The molecule has 2 aromatic rings. The number of rotatable bonds is 24. The van der Waals surface area contributed by atoms with E-state index in [2.05, 4.69) is 33.4 Å². The van der Waals surface area contributed by atoms with E-state index >= 15 is 0 Å². The van der Waals surface area contributed by atoms with E-state index in [1.165, 1.54) is 11.1 Å². The quantitative estimate of drug-likeness (QED) is 0.0163. The van der Waals surface area contributed by atoms with Gasteiger partial charge < -0.3 is 55.0 Å². The molecule has 0 bridgehead atoms. The molecular formula is C79H117N7O13S. The highest BCUT2D eigenvalue weighted by molar-refractivity contribution is 7.99. The maximum atomic E-state index is 14.7. The standard InChI is InChI=1S/C79H117N7O13S/c1-49(2)83-66-44-60(43-64(65(66)47-80)68(87)22-20-63-54(7)35-52(5)39-72(63)91)59-19-23-75(82-48-59)85-30-28-84(29-31-85)27-25-81-76(93)24-33-100-32-15-16-58-36-50(3)34-51(4)37-61(96-10)45-62(97-11)38-53(6)40-73(92)78(94)86-26-14-13-17-67(86)79(95)99-77(56(9)70(89)46-71(58)90)55(8)41-57-18-21-69(88)74(42-57)98-12/h19,23,35-36,41,43-44,47-49,51,53,56-58,61-62,67,69-70,74,77,80,83,88-89H,13-18,20-22,24-34,37-40,42,45-46H2,1-12H3,(H,81,93)/b50-36+,55-41+,80-47?/t51-,53+,56+,57-,58+,61-,62-,67-,69+,70-,74+,77+/m0/s1. The van der Waals surface area contributed by atoms with Gasteiger partial charge in [0.05, 0.1) is 30.5 Å². The molecule has 0 unspecified atom stereocenters. The third-order valence-corrected chi connectivity index (χ3v) is 21.9. The van der Waals surface area contributed by atoms with E-state index < -0.39 is 53.8 Å². The van der Waals surface area contributed by atoms with Gasteiger partial charge in [0.2, 0.25) is 11.7 Å². The second-order valence-corrected chi connectivity index (χ2v) is 30.8. The number of aliphatic hydroxyl groups excluding tert-OH is 2. The van der Waals surface area contributed by atoms with E-state index in [9.17, 15) is 43.8 Å². The number of cyclic esters (lactones) is 1. The average molecular weight is 1400 g/mol. The lowest BCUT2D eigenvalue weighted by atomic mass is 9.81. The molecule has 5 N–H and O–H groups in total. The van der Waals surface area contributed by atoms with Crippen LogP contribution in [0, 0.1) is 35.0 Å². The van der Waals surface area contributed by atoms with Crippen LogP contribution < -0.4 is 15.5 Å². The van der Waals surface area contributed by atoms with Crippen LogP contribution in [0.25, 0.3) is 11.1 Å². The number of hydrogen-bond donors (Lipinski definition) is 5. The predicted molar refractivity (Wildman–Crippen MR) is 396 cm³/mol. The number of carbonyl (C=O) groups is 7. The van der Waals surface area contributed by atoms with Gasteiger partial charge in [-0.05, 0) is 195 Å². The van der Waals surface area contributed by atoms with Crippen LogP contribution >= 0.6 is 11.8 Å². The number of methoxy groups -OCH3 is 3. The molecule has 0 radical (unpaired) electrons. The second kappa shape index (κ2) is 40.0. The number of amides is 2. The number of Topliss-reactive ketones (excluding diaryl/α,β-unsaturated/α-hetero) is 4. The fourth-order valence-corrected chi connectivity index (χ4v) is 16.2. The van der Waals surface area contributed by atoms with Crippen molar-refractivity contribution in [3.05, 3.63) is 87.7 Å². The number of nitrogens with one attached hydrogen (secondary N) is 3. The maximum absolute atomic E-state index is 14.7. The topological polar surface area (TPSA) is 267 Å². The van der Waals surface area contributed by atoms with Crippen LogP contribution in [0.3, 0.4) is 0 Å². The molecule has 100 heavy (non-hydrogen) atoms. The highest BCUT2D eigenvalue weighted by Gasteiger charge is 2.41. The molecule has 12 atom stereocenters. The zero-order valence-corrected chi connectivity index (χ0v) is 62.7. The molecule has 2 amide bonds. The maximum Gasteiger partial charge on any atom is 0.329 e. The largest absolute Gasteiger partial charge is 0.456 e. The summed E-state index contributed by atoms with van der Waals surface area (Å²) in [6, 6.07) is 6.89. The van der Waals surface area contributed by atoms with Gasteiger partial charge in [0.1, 0.15) is 23.7 Å². The minimum absolute atomic E-state index is 0.00158. The van der Waals surface area contributed by atoms with Gasteiger partial charge >= 0.3 is 5.97 Å². The fraction of sp³-hybridized carbons (Fsp3) is 0.658. The first-order valence-corrected chi connectivity index (χ1v) is 38.0. The summed E-state index contributed by atoms with van der Waals surface area (Å²) in [5.74, 6) is -1.21. The first-order chi connectivity index (χ1) is 47.8. The number of benzene rings is 1. The number of pyridine rings is 1. The molecule has 5 aliphatic rings. The van der Waals surface area contributed by atoms with E-state index in [4.69, 9.17) is 29.3 Å². The molecule has 3 aliphatic heterocycles. The number of piperazine rings is 1. The van der Waals surface area contributed by atoms with Gasteiger partial charge in [0.25, 0.3) is 5.91 Å². The minimum atomic E-state index is -1.21. The molecule has 2 aliphatic carbocycles. The Morgan fingerprint density at radius 2 is 1.53 bits per heavy atom. The summed E-state index contributed by atoms with van der Waals surface area (Å²) in [6.07, 6.45) is 13.9. The van der Waals surface area contributed by atoms with E-state index in [0.29, 0.717) is 137 Å². The van der Waals surface area contributed by atoms with Crippen molar-refractivity contribution in [3.8, 4) is 11.1 Å². The van der Waals surface area contributed by atoms with Gasteiger partial charge in [0, 0.05) is 158 Å². The van der Waals surface area contributed by atoms with E-state index in [0.717, 1.165) is 72.0 Å². The molecule has 1 saturated carbocycles. The molecule has 1 aromatic carbocycles. The van der Waals surface area contributed by atoms with Crippen LogP contribution in [0.2, 0.25) is 0 Å². The zero-order valence-electron chi connectivity index (χ0n) is 61.9. The lowest BCUT2D eigenvalue weighted by Gasteiger charge is -2.37. The molecule has 4 heterocycles. The van der Waals surface area contributed by atoms with Crippen LogP contribution in [0.15, 0.2) is 76.6 Å². The van der Waals surface area contributed by atoms with Crippen LogP contribution in [-0.4, -0.2) is 199 Å². The first kappa shape index (κ1) is 81.1. The molecule has 2 saturated heterocycles. The van der Waals surface area contributed by atoms with Gasteiger partial charge in [-0.3, -0.25) is 33.7 Å². The summed E-state index contributed by atoms with van der Waals surface area (Å²) in [7, 11) is 4.92. The molecule has 0 spiro atoms. The first-order valence-electron chi connectivity index (χ1n) is 36.8. The summed E-state index contributed by atoms with van der Waals surface area (Å²) in [4.78, 5) is 108. The number of carbonyl (C=O) groups excluding carboxylic acids is 7. The third-order valence-electron chi connectivity index (χ3n) is 20.9. The predicted octanol–water partition coefficient (Wildman–Crippen LogP) is 11.7. The van der Waals surface area contributed by atoms with Crippen molar-refractivity contribution in [1.29, 1.82) is 5.41 Å². The van der Waals surface area contributed by atoms with Gasteiger partial charge in [-0.15, -0.1) is 0 Å². The summed E-state index contributed by atoms with van der Waals surface area (Å²) in [6.45, 7) is 22.3. The summed E-state index contributed by atoms with van der Waals surface area (Å²) < 4.78 is 24.0. The molecule has 552 valence electrons. The molecule has 1 aromatic heterocycles. The van der Waals surface area contributed by atoms with E-state index in [1.54, 1.807) is 40.0 Å². The smallest absolute Gasteiger partial charge is 0.329 e. The van der Waals surface area contributed by atoms with Crippen molar-refractivity contribution in [1.82, 2.24) is 20.1 Å². The number of thioether (sulfide) groups is 1. The van der Waals surface area contributed by atoms with Gasteiger partial charge in [-0.25, -0.2) is 9.78 Å². The van der Waals surface area contributed by atoms with Gasteiger partial charge in [-0.1, -0.05) is 50.1 Å². The Hall–Kier alpha value is -6.20. The van der Waals surface area contributed by atoms with Gasteiger partial charge in [-0.2, -0.15) is 11.8 Å². The number of piperidine rings is 1. The van der Waals surface area contributed by atoms with Crippen molar-refractivity contribution < 1.29 is 62.7 Å². The normalized spacial score (nSPS) is 27.9. The number of anilines is 2. The van der Waals surface area contributed by atoms with Crippen LogP contribution in [0.5, 0.6) is 0 Å². The van der Waals surface area contributed by atoms with Crippen LogP contribution in [0.1, 0.15) is 194 Å². The number of ketones is 4. The number of aliphatic hydroxyl groups is 2. The number of nitrogens with zero attached hydrogens (tertiary/aromatic N) is 4. The lowest BCUT2D eigenvalue weighted by molar-refractivity contribution is -0.164. The zero-order chi connectivity index (χ0) is 72.7. The Kier molecular flexibility index (Phi) is 32.5. The lowest BCUT2D eigenvalue weighted by Crippen LogP contribution is -2.52. The average Bonchev–Trinajstić information content (AvgIpc) is 0.805. The number of esters is 1. The van der Waals surface area contributed by atoms with Crippen molar-refractivity contribution >= 4 is 70.4 Å². The summed E-state index contributed by atoms with van der Waals surface area (Å²) in [5, 5.41) is 37.7. The van der Waals surface area contributed by atoms with E-state index in [1.807, 2.05) is 91.1 Å². The minimum Gasteiger partial charge on any atom is -0.456 e. The Morgan fingerprint density at radius 3 is 2.19 bits per heavy atom. The van der Waals surface area contributed by atoms with E-state index in [-0.39, 0.29) is 91.2 Å². The number of ether oxygens (including phenoxy) is 4. The highest BCUT2D eigenvalue weighted by Crippen LogP contribution is 2.36. The van der Waals surface area contributed by atoms with Crippen LogP contribution in [-0.2, 0) is 47.7 Å². The van der Waals surface area contributed by atoms with Crippen molar-refractivity contribution in [2.75, 3.05) is 88.9 Å². The summed E-state index contributed by atoms with van der Waals surface area (Å²) >= 11 is 1.68. The Balaban J connectivity index is 0.932. The van der Waals surface area contributed by atoms with Crippen molar-refractivity contribution in [3.63, 3.8) is 0 Å². The van der Waals surface area contributed by atoms with Crippen LogP contribution in [0.4, 0.5) is 11.5 Å². The Bertz CT molecular complexity index is 3250. The number of hydrogen-bond acceptors (Lipinski definition) is 19. The monoisotopic (exact) mass is 1400 g/mol. The number of aromatic nitrogens is 1. The Labute approximate surface area is 599 Å². The van der Waals surface area contributed by atoms with Crippen molar-refractivity contribution in [2.45, 2.75) is 227 Å². The molecule has 20 nitrogen and oxygen atoms in total. The van der Waals surface area contributed by atoms with Gasteiger partial charge in [0.15, 0.2) is 11.6 Å². The summed E-state index contributed by atoms with van der Waals surface area (Å²) in [5.41, 5.74) is 7.66. The number of allylic oxidation sites excluding steroid dienone is 7. The highest BCUT2D eigenvalue weighted by atomic mass is 32.2. The second-order valence-electron chi connectivity index (χ2n) is 29.6. The Morgan fingerprint density at radius 1 is 0.810 bits per heavy atom. The molecule has 21 heteroatoms. The SMILES string of the molecule is CO[C@H]1C[C@@H](C)CC(=O)C(=O)N2CCCC[C@H]2C(=O)O[C@H](/C(C)=C/[C@@H]2CC[C@@H](O)[C@H](OC)C2)[C@H](C)[C@@H](O)CC(=O)[C@H](CCCSCCC(=O)NCCN2CCN(c3ccc(-c4cc(NC(C)C)c(C=N)c(C(=O)CCC5=C(C)C=C(C)CC5=O)c4)cn3)CC2)/C=C(\C)C[C@H](C)C[C@H](OC)C1. The van der Waals surface area contributed by atoms with Crippen molar-refractivity contribution in [2.24, 2.45) is 29.6 Å². The molecule has 3 fully saturated rings. The number of fused-ring (bicyclic) bond motifs is 1. The third kappa shape index (κ3) is 23.9.